The van der Waals surface area contributed by atoms with E-state index in [1.54, 1.807) is 13.8 Å². The van der Waals surface area contributed by atoms with Crippen molar-refractivity contribution < 1.29 is 22.7 Å². The number of ether oxygens (including phenoxy) is 1. The van der Waals surface area contributed by atoms with Crippen LogP contribution in [0.2, 0.25) is 5.02 Å². The van der Waals surface area contributed by atoms with E-state index in [0.717, 1.165) is 11.6 Å². The Kier molecular flexibility index (Phi) is 6.41. The number of halogens is 4. The number of aromatic nitrogens is 2. The Hall–Kier alpha value is -2.54. The maximum Gasteiger partial charge on any atom is 0.417 e. The lowest BCUT2D eigenvalue weighted by atomic mass is 10.0. The lowest BCUT2D eigenvalue weighted by molar-refractivity contribution is -0.149. The molecule has 1 heterocycles. The highest BCUT2D eigenvalue weighted by Crippen LogP contribution is 2.39. The third-order valence-corrected chi connectivity index (χ3v) is 5.26. The number of alkyl halides is 3. The van der Waals surface area contributed by atoms with Gasteiger partial charge in [-0.3, -0.25) is 4.79 Å². The van der Waals surface area contributed by atoms with Gasteiger partial charge in [0.2, 0.25) is 0 Å². The fourth-order valence-corrected chi connectivity index (χ4v) is 3.84. The summed E-state index contributed by atoms with van der Waals surface area (Å²) in [4.78, 5) is 16.4. The second-order valence-electron chi connectivity index (χ2n) is 6.97. The lowest BCUT2D eigenvalue weighted by Gasteiger charge is -2.28. The molecule has 0 bridgehead atoms. The van der Waals surface area contributed by atoms with Crippen molar-refractivity contribution in [2.45, 2.75) is 51.9 Å². The molecular formula is C22H22ClF3N2O2. The first-order valence-electron chi connectivity index (χ1n) is 9.69. The number of rotatable bonds is 6. The first-order chi connectivity index (χ1) is 14.2. The minimum Gasteiger partial charge on any atom is -0.460 e. The van der Waals surface area contributed by atoms with Gasteiger partial charge in [0.1, 0.15) is 11.9 Å². The molecule has 0 spiro atoms. The average Bonchev–Trinajstić information content (AvgIpc) is 3.05. The van der Waals surface area contributed by atoms with Gasteiger partial charge < -0.3 is 9.30 Å². The fraction of sp³-hybridized carbons (Fsp3) is 0.364. The second-order valence-corrected chi connectivity index (χ2v) is 7.38. The summed E-state index contributed by atoms with van der Waals surface area (Å²) in [6, 6.07) is 11.1. The van der Waals surface area contributed by atoms with Crippen molar-refractivity contribution >= 4 is 28.6 Å². The molecule has 0 aliphatic rings. The van der Waals surface area contributed by atoms with Crippen LogP contribution in [0.3, 0.4) is 0 Å². The van der Waals surface area contributed by atoms with Gasteiger partial charge in [0.15, 0.2) is 0 Å². The van der Waals surface area contributed by atoms with Gasteiger partial charge in [0.25, 0.3) is 0 Å². The van der Waals surface area contributed by atoms with Gasteiger partial charge in [-0.05, 0) is 24.6 Å². The molecule has 0 aliphatic heterocycles. The molecule has 3 aromatic rings. The lowest BCUT2D eigenvalue weighted by Crippen LogP contribution is -2.29. The molecule has 1 aromatic heterocycles. The van der Waals surface area contributed by atoms with E-state index in [2.05, 4.69) is 4.98 Å². The van der Waals surface area contributed by atoms with Crippen LogP contribution in [0.25, 0.3) is 11.0 Å². The van der Waals surface area contributed by atoms with Gasteiger partial charge in [-0.1, -0.05) is 55.8 Å². The predicted molar refractivity (Wildman–Crippen MR) is 110 cm³/mol. The van der Waals surface area contributed by atoms with E-state index < -0.39 is 28.9 Å². The Morgan fingerprint density at radius 1 is 1.20 bits per heavy atom. The summed E-state index contributed by atoms with van der Waals surface area (Å²) in [7, 11) is 0. The number of benzene rings is 2. The summed E-state index contributed by atoms with van der Waals surface area (Å²) in [6.45, 7) is 5.34. The minimum atomic E-state index is -4.58. The number of hydrogen-bond donors (Lipinski definition) is 0. The van der Waals surface area contributed by atoms with Crippen LogP contribution in [0.5, 0.6) is 0 Å². The van der Waals surface area contributed by atoms with E-state index in [9.17, 15) is 18.0 Å². The van der Waals surface area contributed by atoms with Crippen LogP contribution in [0.4, 0.5) is 13.2 Å². The number of esters is 1. The van der Waals surface area contributed by atoms with Gasteiger partial charge in [0, 0.05) is 12.8 Å². The van der Waals surface area contributed by atoms with Crippen molar-refractivity contribution in [3.63, 3.8) is 0 Å². The highest BCUT2D eigenvalue weighted by molar-refractivity contribution is 6.32. The summed E-state index contributed by atoms with van der Waals surface area (Å²) in [5.74, 6) is 0.219. The van der Waals surface area contributed by atoms with Crippen molar-refractivity contribution in [2.75, 3.05) is 0 Å². The Morgan fingerprint density at radius 2 is 1.87 bits per heavy atom. The number of aryl methyl sites for hydroxylation is 1. The van der Waals surface area contributed by atoms with Gasteiger partial charge in [-0.15, -0.1) is 0 Å². The van der Waals surface area contributed by atoms with E-state index >= 15 is 0 Å². The molecule has 0 saturated heterocycles. The smallest absolute Gasteiger partial charge is 0.417 e. The molecule has 8 heteroatoms. The molecule has 30 heavy (non-hydrogen) atoms. The maximum absolute atomic E-state index is 13.3. The second kappa shape index (κ2) is 8.68. The van der Waals surface area contributed by atoms with Crippen LogP contribution in [0.1, 0.15) is 50.2 Å². The Balaban J connectivity index is 2.25. The predicted octanol–water partition coefficient (Wildman–Crippen LogP) is 6.20. The third-order valence-electron chi connectivity index (χ3n) is 4.94. The average molecular weight is 439 g/mol. The van der Waals surface area contributed by atoms with Crippen molar-refractivity contribution in [1.29, 1.82) is 0 Å². The van der Waals surface area contributed by atoms with Crippen LogP contribution in [0.15, 0.2) is 42.5 Å². The van der Waals surface area contributed by atoms with E-state index in [4.69, 9.17) is 16.3 Å². The quantitative estimate of drug-likeness (QED) is 0.430. The highest BCUT2D eigenvalue weighted by Gasteiger charge is 2.35. The van der Waals surface area contributed by atoms with Crippen molar-refractivity contribution in [3.05, 3.63) is 64.4 Å². The summed E-state index contributed by atoms with van der Waals surface area (Å²) in [5.41, 5.74) is 0.571. The van der Waals surface area contributed by atoms with Crippen molar-refractivity contribution in [1.82, 2.24) is 9.55 Å². The molecule has 0 fully saturated rings. The van der Waals surface area contributed by atoms with E-state index in [-0.39, 0.29) is 17.9 Å². The molecule has 0 radical (unpaired) electrons. The van der Waals surface area contributed by atoms with Crippen molar-refractivity contribution in [3.8, 4) is 0 Å². The zero-order valence-electron chi connectivity index (χ0n) is 16.8. The van der Waals surface area contributed by atoms with E-state index in [1.807, 2.05) is 41.8 Å². The zero-order valence-corrected chi connectivity index (χ0v) is 17.6. The topological polar surface area (TPSA) is 44.1 Å². The summed E-state index contributed by atoms with van der Waals surface area (Å²) >= 11 is 6.00. The molecule has 0 amide bonds. The zero-order chi connectivity index (χ0) is 22.1. The Bertz CT molecular complexity index is 1050. The molecular weight excluding hydrogens is 417 g/mol. The highest BCUT2D eigenvalue weighted by atomic mass is 35.5. The molecule has 2 atom stereocenters. The van der Waals surface area contributed by atoms with Crippen LogP contribution in [-0.2, 0) is 22.1 Å². The number of fused-ring (bicyclic) bond motifs is 1. The SMILES string of the molecule is CCC(=O)OC(C)C(c1ccccc1)n1c(CC)nc2cc(C(F)(F)F)c(Cl)cc21. The van der Waals surface area contributed by atoms with Gasteiger partial charge >= 0.3 is 12.1 Å². The number of imidazole rings is 1. The Morgan fingerprint density at radius 3 is 2.43 bits per heavy atom. The van der Waals surface area contributed by atoms with Crippen LogP contribution in [-0.4, -0.2) is 21.6 Å². The summed E-state index contributed by atoms with van der Waals surface area (Å²) in [5, 5.41) is -0.399. The molecule has 2 aromatic carbocycles. The van der Waals surface area contributed by atoms with E-state index in [1.165, 1.54) is 6.07 Å². The number of carbonyl (C=O) groups is 1. The molecule has 0 saturated carbocycles. The summed E-state index contributed by atoms with van der Waals surface area (Å²) < 4.78 is 47.4. The molecule has 0 aliphatic carbocycles. The Labute approximate surface area is 177 Å². The standard InChI is InChI=1S/C22H22ClF3N2O2/c1-4-19-27-17-11-15(22(24,25)26)16(23)12-18(17)28(19)21(13(3)30-20(29)5-2)14-9-7-6-8-10-14/h6-13,21H,4-5H2,1-3H3. The molecule has 4 nitrogen and oxygen atoms in total. The maximum atomic E-state index is 13.3. The van der Waals surface area contributed by atoms with Crippen LogP contribution < -0.4 is 0 Å². The van der Waals surface area contributed by atoms with Gasteiger partial charge in [-0.25, -0.2) is 4.98 Å². The van der Waals surface area contributed by atoms with Crippen LogP contribution in [0, 0.1) is 0 Å². The van der Waals surface area contributed by atoms with E-state index in [0.29, 0.717) is 17.8 Å². The van der Waals surface area contributed by atoms with Crippen LogP contribution >= 0.6 is 11.6 Å². The minimum absolute atomic E-state index is 0.193. The van der Waals surface area contributed by atoms with Crippen molar-refractivity contribution in [2.24, 2.45) is 0 Å². The molecule has 2 unspecified atom stereocenters. The van der Waals surface area contributed by atoms with Gasteiger partial charge in [-0.2, -0.15) is 13.2 Å². The number of nitrogens with zero attached hydrogens (tertiary/aromatic N) is 2. The molecule has 0 N–H and O–H groups in total. The largest absolute Gasteiger partial charge is 0.460 e. The molecule has 160 valence electrons. The normalized spacial score (nSPS) is 14.0. The fourth-order valence-electron chi connectivity index (χ4n) is 3.58. The third kappa shape index (κ3) is 4.31. The number of hydrogen-bond acceptors (Lipinski definition) is 3. The van der Waals surface area contributed by atoms with Gasteiger partial charge in [0.05, 0.1) is 27.7 Å². The monoisotopic (exact) mass is 438 g/mol. The molecule has 3 rings (SSSR count). The first kappa shape index (κ1) is 22.2. The summed E-state index contributed by atoms with van der Waals surface area (Å²) in [6.07, 6.45) is -4.46. The first-order valence-corrected chi connectivity index (χ1v) is 10.1. The number of carbonyl (C=O) groups excluding carboxylic acids is 1.